The second kappa shape index (κ2) is 9.01. The third kappa shape index (κ3) is 5.16. The number of halogens is 2. The summed E-state index contributed by atoms with van der Waals surface area (Å²) in [5, 5.41) is 0. The predicted molar refractivity (Wildman–Crippen MR) is 84.2 cm³/mol. The van der Waals surface area contributed by atoms with Crippen LogP contribution in [0.3, 0.4) is 0 Å². The Morgan fingerprint density at radius 2 is 1.85 bits per heavy atom. The van der Waals surface area contributed by atoms with Crippen LogP contribution in [0.1, 0.15) is 55.6 Å². The van der Waals surface area contributed by atoms with Gasteiger partial charge in [0.25, 0.3) is 0 Å². The molecule has 1 rings (SSSR count). The fraction of sp³-hybridized carbons (Fsp3) is 0.500. The van der Waals surface area contributed by atoms with Gasteiger partial charge >= 0.3 is 0 Å². The number of Topliss-reactive ketones (excluding diaryl/α,β-unsaturated/α-hetero) is 2. The van der Waals surface area contributed by atoms with Crippen LogP contribution >= 0.6 is 15.9 Å². The minimum atomic E-state index is -0.437. The first-order chi connectivity index (χ1) is 9.36. The Bertz CT molecular complexity index is 482. The van der Waals surface area contributed by atoms with Gasteiger partial charge in [0.1, 0.15) is 11.6 Å². The van der Waals surface area contributed by atoms with Gasteiger partial charge in [-0.3, -0.25) is 9.59 Å². The average molecular weight is 345 g/mol. The van der Waals surface area contributed by atoms with E-state index in [9.17, 15) is 14.0 Å². The summed E-state index contributed by atoms with van der Waals surface area (Å²) in [5.74, 6) is -0.582. The highest BCUT2D eigenvalue weighted by atomic mass is 79.9. The van der Waals surface area contributed by atoms with E-state index < -0.39 is 5.82 Å². The van der Waals surface area contributed by atoms with Crippen LogP contribution in [0.5, 0.6) is 0 Å². The van der Waals surface area contributed by atoms with Gasteiger partial charge in [-0.05, 0) is 37.1 Å². The van der Waals surface area contributed by atoms with Crippen LogP contribution in [0.4, 0.5) is 4.39 Å². The van der Waals surface area contributed by atoms with E-state index in [0.717, 1.165) is 0 Å². The third-order valence-corrected chi connectivity index (χ3v) is 3.30. The molecule has 1 atom stereocenters. The van der Waals surface area contributed by atoms with E-state index >= 15 is 0 Å². The van der Waals surface area contributed by atoms with Crippen LogP contribution in [0.15, 0.2) is 12.1 Å². The lowest BCUT2D eigenvalue weighted by Gasteiger charge is -2.10. The molecule has 0 radical (unpaired) electrons. The van der Waals surface area contributed by atoms with Crippen LogP contribution in [-0.2, 0) is 11.2 Å². The molecule has 0 saturated heterocycles. The van der Waals surface area contributed by atoms with Crippen molar-refractivity contribution in [3.8, 4) is 0 Å². The molecule has 2 nitrogen and oxygen atoms in total. The molecule has 0 amide bonds. The van der Waals surface area contributed by atoms with Crippen molar-refractivity contribution >= 4 is 27.5 Å². The molecule has 0 saturated carbocycles. The van der Waals surface area contributed by atoms with Gasteiger partial charge in [0.05, 0.1) is 4.83 Å². The second-order valence-corrected chi connectivity index (χ2v) is 5.66. The Kier molecular flexibility index (Phi) is 8.54. The van der Waals surface area contributed by atoms with Crippen molar-refractivity contribution in [1.82, 2.24) is 0 Å². The van der Waals surface area contributed by atoms with Crippen molar-refractivity contribution in [2.45, 2.75) is 52.3 Å². The first-order valence-electron chi connectivity index (χ1n) is 6.85. The van der Waals surface area contributed by atoms with E-state index in [1.54, 1.807) is 26.8 Å². The summed E-state index contributed by atoms with van der Waals surface area (Å²) in [4.78, 5) is 22.9. The molecular weight excluding hydrogens is 323 g/mol. The molecule has 0 bridgehead atoms. The lowest BCUT2D eigenvalue weighted by molar-refractivity contribution is -0.118. The Balaban J connectivity index is 0.00000172. The second-order valence-electron chi connectivity index (χ2n) is 4.29. The minimum absolute atomic E-state index is 0.0361. The predicted octanol–water partition coefficient (Wildman–Crippen LogP) is 4.65. The Hall–Kier alpha value is -1.03. The van der Waals surface area contributed by atoms with Crippen LogP contribution in [0, 0.1) is 12.7 Å². The van der Waals surface area contributed by atoms with Crippen molar-refractivity contribution < 1.29 is 14.0 Å². The molecule has 1 unspecified atom stereocenters. The topological polar surface area (TPSA) is 34.1 Å². The van der Waals surface area contributed by atoms with Crippen molar-refractivity contribution in [2.75, 3.05) is 0 Å². The fourth-order valence-corrected chi connectivity index (χ4v) is 1.89. The lowest BCUT2D eigenvalue weighted by Crippen LogP contribution is -2.12. The lowest BCUT2D eigenvalue weighted by atomic mass is 9.97. The van der Waals surface area contributed by atoms with E-state index in [2.05, 4.69) is 15.9 Å². The summed E-state index contributed by atoms with van der Waals surface area (Å²) in [5.41, 5.74) is 1.34. The summed E-state index contributed by atoms with van der Waals surface area (Å²) in [6.07, 6.45) is 0.588. The molecule has 0 N–H and O–H groups in total. The van der Waals surface area contributed by atoms with E-state index in [1.807, 2.05) is 13.8 Å². The summed E-state index contributed by atoms with van der Waals surface area (Å²) in [6, 6.07) is 2.85. The minimum Gasteiger partial charge on any atom is -0.299 e. The van der Waals surface area contributed by atoms with Gasteiger partial charge in [0.2, 0.25) is 0 Å². The molecule has 0 fully saturated rings. The number of rotatable bonds is 5. The molecule has 0 aliphatic heterocycles. The molecule has 0 aromatic heterocycles. The summed E-state index contributed by atoms with van der Waals surface area (Å²) < 4.78 is 13.7. The summed E-state index contributed by atoms with van der Waals surface area (Å²) in [6.45, 7) is 9.08. The average Bonchev–Trinajstić information content (AvgIpc) is 2.44. The highest BCUT2D eigenvalue weighted by Gasteiger charge is 2.17. The van der Waals surface area contributed by atoms with Crippen molar-refractivity contribution in [3.63, 3.8) is 0 Å². The molecule has 0 heterocycles. The maximum absolute atomic E-state index is 13.7. The van der Waals surface area contributed by atoms with Gasteiger partial charge in [-0.1, -0.05) is 36.7 Å². The number of carbonyl (C=O) groups excluding carboxylic acids is 2. The maximum atomic E-state index is 13.7. The van der Waals surface area contributed by atoms with Gasteiger partial charge in [-0.15, -0.1) is 0 Å². The van der Waals surface area contributed by atoms with Crippen LogP contribution in [0.25, 0.3) is 0 Å². The van der Waals surface area contributed by atoms with E-state index in [-0.39, 0.29) is 22.8 Å². The standard InChI is InChI=1S/C14H16BrFO2.C2H6/c1-4-12(17)6-10-5-11(14(18)9(3)15)7-13(16)8(10)2;1-2/h5,7,9H,4,6H2,1-3H3;1-2H3. The highest BCUT2D eigenvalue weighted by Crippen LogP contribution is 2.19. The normalized spacial score (nSPS) is 11.3. The number of alkyl halides is 1. The molecule has 20 heavy (non-hydrogen) atoms. The molecule has 4 heteroatoms. The number of hydrogen-bond donors (Lipinski definition) is 0. The number of hydrogen-bond acceptors (Lipinski definition) is 2. The molecule has 0 aliphatic rings. The van der Waals surface area contributed by atoms with E-state index in [1.165, 1.54) is 6.07 Å². The monoisotopic (exact) mass is 344 g/mol. The third-order valence-electron chi connectivity index (χ3n) is 2.88. The van der Waals surface area contributed by atoms with Crippen molar-refractivity contribution in [2.24, 2.45) is 0 Å². The number of carbonyl (C=O) groups is 2. The zero-order valence-corrected chi connectivity index (χ0v) is 14.3. The first kappa shape index (κ1) is 19.0. The summed E-state index contributed by atoms with van der Waals surface area (Å²) >= 11 is 3.17. The van der Waals surface area contributed by atoms with Crippen LogP contribution in [-0.4, -0.2) is 16.4 Å². The molecule has 1 aromatic rings. The van der Waals surface area contributed by atoms with E-state index in [4.69, 9.17) is 0 Å². The fourth-order valence-electron chi connectivity index (χ4n) is 1.63. The van der Waals surface area contributed by atoms with Gasteiger partial charge in [-0.25, -0.2) is 4.39 Å². The maximum Gasteiger partial charge on any atom is 0.176 e. The Morgan fingerprint density at radius 1 is 1.30 bits per heavy atom. The SMILES string of the molecule is CC.CCC(=O)Cc1cc(C(=O)C(C)Br)cc(F)c1C. The quantitative estimate of drug-likeness (QED) is 0.575. The largest absolute Gasteiger partial charge is 0.299 e. The molecule has 1 aromatic carbocycles. The van der Waals surface area contributed by atoms with Gasteiger partial charge in [-0.2, -0.15) is 0 Å². The molecule has 112 valence electrons. The van der Waals surface area contributed by atoms with Crippen LogP contribution < -0.4 is 0 Å². The van der Waals surface area contributed by atoms with Crippen molar-refractivity contribution in [1.29, 1.82) is 0 Å². The molecule has 0 spiro atoms. The van der Waals surface area contributed by atoms with E-state index in [0.29, 0.717) is 23.1 Å². The first-order valence-corrected chi connectivity index (χ1v) is 7.77. The van der Waals surface area contributed by atoms with Crippen molar-refractivity contribution in [3.05, 3.63) is 34.6 Å². The number of benzene rings is 1. The van der Waals surface area contributed by atoms with Gasteiger partial charge in [0.15, 0.2) is 5.78 Å². The zero-order valence-electron chi connectivity index (χ0n) is 12.7. The Labute approximate surface area is 128 Å². The molecular formula is C16H22BrFO2. The number of ketones is 2. The Morgan fingerprint density at radius 3 is 2.30 bits per heavy atom. The van der Waals surface area contributed by atoms with Gasteiger partial charge < -0.3 is 0 Å². The highest BCUT2D eigenvalue weighted by molar-refractivity contribution is 9.10. The molecule has 0 aliphatic carbocycles. The summed E-state index contributed by atoms with van der Waals surface area (Å²) in [7, 11) is 0. The van der Waals surface area contributed by atoms with Gasteiger partial charge in [0, 0.05) is 18.4 Å². The van der Waals surface area contributed by atoms with Crippen LogP contribution in [0.2, 0.25) is 0 Å². The smallest absolute Gasteiger partial charge is 0.176 e. The zero-order chi connectivity index (χ0) is 15.9.